The number of aryl methyl sites for hydroxylation is 1. The summed E-state index contributed by atoms with van der Waals surface area (Å²) in [7, 11) is 1.41. The average Bonchev–Trinajstić information content (AvgIpc) is 3.28. The van der Waals surface area contributed by atoms with Crippen LogP contribution in [0, 0.1) is 6.92 Å². The van der Waals surface area contributed by atoms with Gasteiger partial charge in [-0.2, -0.15) is 0 Å². The molecule has 3 aliphatic rings. The van der Waals surface area contributed by atoms with Crippen LogP contribution in [0.4, 0.5) is 5.13 Å². The number of carbonyl (C=O) groups excluding carboxylic acids is 1. The third-order valence-corrected chi connectivity index (χ3v) is 10.1. The molecule has 0 N–H and O–H groups in total. The van der Waals surface area contributed by atoms with Crippen molar-refractivity contribution >= 4 is 33.8 Å². The summed E-state index contributed by atoms with van der Waals surface area (Å²) in [6, 6.07) is 11.1. The minimum Gasteiger partial charge on any atom is -0.465 e. The Bertz CT molecular complexity index is 1490. The summed E-state index contributed by atoms with van der Waals surface area (Å²) in [5.74, 6) is 1.20. The SMILES string of the molecule is COC(=O)c1cc(-c2csc(N3[C@@H]4CC[C@H]3C[C@@H](OCc3c(-c5ccccc5C)noc3C3CC3)C4)n2)cs1. The summed E-state index contributed by atoms with van der Waals surface area (Å²) in [6.45, 7) is 2.67. The first-order valence-electron chi connectivity index (χ1n) is 13.7. The van der Waals surface area contributed by atoms with Gasteiger partial charge in [0.05, 0.1) is 25.5 Å². The van der Waals surface area contributed by atoms with Gasteiger partial charge in [0.15, 0.2) is 5.13 Å². The predicted molar refractivity (Wildman–Crippen MR) is 153 cm³/mol. The van der Waals surface area contributed by atoms with Gasteiger partial charge in [-0.05, 0) is 57.1 Å². The van der Waals surface area contributed by atoms with Gasteiger partial charge in [0.25, 0.3) is 0 Å². The fourth-order valence-electron chi connectivity index (χ4n) is 6.15. The molecule has 2 bridgehead atoms. The molecule has 0 radical (unpaired) electrons. The molecule has 7 nitrogen and oxygen atoms in total. The molecule has 1 saturated carbocycles. The summed E-state index contributed by atoms with van der Waals surface area (Å²) in [4.78, 5) is 20.0. The zero-order chi connectivity index (χ0) is 26.5. The number of thiazole rings is 1. The highest BCUT2D eigenvalue weighted by molar-refractivity contribution is 7.14. The van der Waals surface area contributed by atoms with E-state index in [1.807, 2.05) is 11.4 Å². The summed E-state index contributed by atoms with van der Waals surface area (Å²) >= 11 is 3.08. The molecule has 4 aromatic rings. The smallest absolute Gasteiger partial charge is 0.348 e. The van der Waals surface area contributed by atoms with E-state index in [0.717, 1.165) is 51.8 Å². The van der Waals surface area contributed by atoms with Crippen LogP contribution in [0.15, 0.2) is 45.6 Å². The van der Waals surface area contributed by atoms with E-state index in [1.54, 1.807) is 11.3 Å². The van der Waals surface area contributed by atoms with Gasteiger partial charge in [-0.15, -0.1) is 22.7 Å². The third kappa shape index (κ3) is 4.70. The molecule has 1 aromatic carbocycles. The first-order chi connectivity index (χ1) is 19.1. The van der Waals surface area contributed by atoms with Crippen LogP contribution in [0.25, 0.3) is 22.5 Å². The molecule has 0 unspecified atom stereocenters. The van der Waals surface area contributed by atoms with Gasteiger partial charge in [-0.25, -0.2) is 9.78 Å². The van der Waals surface area contributed by atoms with Crippen LogP contribution >= 0.6 is 22.7 Å². The number of carbonyl (C=O) groups is 1. The van der Waals surface area contributed by atoms with Crippen molar-refractivity contribution in [3.8, 4) is 22.5 Å². The van der Waals surface area contributed by atoms with E-state index in [-0.39, 0.29) is 12.1 Å². The lowest BCUT2D eigenvalue weighted by atomic mass is 9.99. The maximum absolute atomic E-state index is 11.9. The van der Waals surface area contributed by atoms with E-state index >= 15 is 0 Å². The number of benzene rings is 1. The Morgan fingerprint density at radius 3 is 2.64 bits per heavy atom. The molecule has 2 aliphatic heterocycles. The highest BCUT2D eigenvalue weighted by Crippen LogP contribution is 2.46. The van der Waals surface area contributed by atoms with Gasteiger partial charge >= 0.3 is 5.97 Å². The quantitative estimate of drug-likeness (QED) is 0.210. The van der Waals surface area contributed by atoms with Crippen molar-refractivity contribution in [3.63, 3.8) is 0 Å². The number of nitrogens with zero attached hydrogens (tertiary/aromatic N) is 3. The van der Waals surface area contributed by atoms with E-state index in [9.17, 15) is 4.79 Å². The first-order valence-corrected chi connectivity index (χ1v) is 15.4. The molecule has 5 heterocycles. The van der Waals surface area contributed by atoms with Crippen molar-refractivity contribution < 1.29 is 18.8 Å². The van der Waals surface area contributed by atoms with Gasteiger partial charge in [0, 0.05) is 45.5 Å². The topological polar surface area (TPSA) is 77.7 Å². The number of hydrogen-bond donors (Lipinski definition) is 0. The monoisotopic (exact) mass is 561 g/mol. The molecule has 202 valence electrons. The van der Waals surface area contributed by atoms with Crippen molar-refractivity contribution in [1.29, 1.82) is 0 Å². The largest absolute Gasteiger partial charge is 0.465 e. The molecule has 3 aromatic heterocycles. The molecule has 39 heavy (non-hydrogen) atoms. The first kappa shape index (κ1) is 25.0. The number of esters is 1. The van der Waals surface area contributed by atoms with Gasteiger partial charge in [-0.1, -0.05) is 29.4 Å². The Morgan fingerprint density at radius 1 is 1.10 bits per heavy atom. The van der Waals surface area contributed by atoms with Crippen molar-refractivity contribution in [2.75, 3.05) is 12.0 Å². The summed E-state index contributed by atoms with van der Waals surface area (Å²) < 4.78 is 17.4. The molecule has 3 atom stereocenters. The molecule has 2 saturated heterocycles. The number of fused-ring (bicyclic) bond motifs is 2. The molecule has 1 aliphatic carbocycles. The third-order valence-electron chi connectivity index (χ3n) is 8.31. The second-order valence-corrected chi connectivity index (χ2v) is 12.6. The minimum atomic E-state index is -0.303. The minimum absolute atomic E-state index is 0.212. The van der Waals surface area contributed by atoms with Gasteiger partial charge in [0.1, 0.15) is 16.3 Å². The number of piperidine rings is 1. The molecule has 3 fully saturated rings. The van der Waals surface area contributed by atoms with Gasteiger partial charge < -0.3 is 18.9 Å². The summed E-state index contributed by atoms with van der Waals surface area (Å²) in [5.41, 5.74) is 6.29. The lowest BCUT2D eigenvalue weighted by Gasteiger charge is -2.38. The molecule has 0 spiro atoms. The van der Waals surface area contributed by atoms with Crippen molar-refractivity contribution in [2.24, 2.45) is 0 Å². The molecular formula is C30H31N3O4S2. The van der Waals surface area contributed by atoms with Gasteiger partial charge in [-0.3, -0.25) is 0 Å². The van der Waals surface area contributed by atoms with Crippen molar-refractivity contribution in [3.05, 3.63) is 62.9 Å². The van der Waals surface area contributed by atoms with E-state index in [0.29, 0.717) is 29.5 Å². The second kappa shape index (κ2) is 10.2. The number of hydrogen-bond acceptors (Lipinski definition) is 9. The number of anilines is 1. The summed E-state index contributed by atoms with van der Waals surface area (Å²) in [5, 5.41) is 9.66. The standard InChI is InChI=1S/C30H31N3O4S2/c1-17-5-3-4-6-23(17)27-24(28(37-32-27)18-7-8-18)14-36-22-12-20-9-10-21(13-22)33(20)30-31-25(16-39-30)19-11-26(38-15-19)29(34)35-2/h3-6,11,15-16,18,20-22H,7-10,12-14H2,1-2H3/t20-,21+,22+. The van der Waals surface area contributed by atoms with E-state index in [1.165, 1.54) is 49.7 Å². The lowest BCUT2D eigenvalue weighted by Crippen LogP contribution is -2.45. The number of thiophene rings is 1. The molecule has 9 heteroatoms. The average molecular weight is 562 g/mol. The van der Waals surface area contributed by atoms with Crippen LogP contribution < -0.4 is 4.90 Å². The van der Waals surface area contributed by atoms with E-state index < -0.39 is 0 Å². The number of aromatic nitrogens is 2. The van der Waals surface area contributed by atoms with Crippen molar-refractivity contribution in [1.82, 2.24) is 10.1 Å². The normalized spacial score (nSPS) is 22.4. The molecule has 7 rings (SSSR count). The Morgan fingerprint density at radius 2 is 1.90 bits per heavy atom. The number of methoxy groups -OCH3 is 1. The maximum atomic E-state index is 11.9. The fraction of sp³-hybridized carbons (Fsp3) is 0.433. The van der Waals surface area contributed by atoms with Crippen LogP contribution in [0.1, 0.15) is 71.0 Å². The predicted octanol–water partition coefficient (Wildman–Crippen LogP) is 7.22. The highest BCUT2D eigenvalue weighted by atomic mass is 32.1. The fourth-order valence-corrected chi connectivity index (χ4v) is 7.94. The van der Waals surface area contributed by atoms with Crippen LogP contribution in [-0.2, 0) is 16.1 Å². The maximum Gasteiger partial charge on any atom is 0.348 e. The number of ether oxygens (including phenoxy) is 2. The van der Waals surface area contributed by atoms with Crippen molar-refractivity contribution in [2.45, 2.75) is 76.2 Å². The molecule has 0 amide bonds. The number of rotatable bonds is 8. The van der Waals surface area contributed by atoms with E-state index in [4.69, 9.17) is 19.0 Å². The second-order valence-electron chi connectivity index (χ2n) is 10.9. The van der Waals surface area contributed by atoms with Crippen LogP contribution in [0.2, 0.25) is 0 Å². The van der Waals surface area contributed by atoms with E-state index in [2.05, 4.69) is 46.6 Å². The summed E-state index contributed by atoms with van der Waals surface area (Å²) in [6.07, 6.45) is 6.88. The van der Waals surface area contributed by atoms with Gasteiger partial charge in [0.2, 0.25) is 0 Å². The Balaban J connectivity index is 1.05. The zero-order valence-corrected chi connectivity index (χ0v) is 23.7. The molecular weight excluding hydrogens is 530 g/mol. The Labute approximate surface area is 235 Å². The van der Waals surface area contributed by atoms with Crippen LogP contribution in [-0.4, -0.2) is 41.4 Å². The van der Waals surface area contributed by atoms with Crippen LogP contribution in [0.5, 0.6) is 0 Å². The lowest BCUT2D eigenvalue weighted by molar-refractivity contribution is 0.0147. The Kier molecular flexibility index (Phi) is 6.53. The van der Waals surface area contributed by atoms with Crippen LogP contribution in [0.3, 0.4) is 0 Å². The highest BCUT2D eigenvalue weighted by Gasteiger charge is 2.43. The Hall–Kier alpha value is -3.01. The zero-order valence-electron chi connectivity index (χ0n) is 22.1.